The number of hydrogen-bond donors (Lipinski definition) is 1. The van der Waals surface area contributed by atoms with Crippen molar-refractivity contribution in [2.45, 2.75) is 29.7 Å². The number of hydrogen-bond acceptors (Lipinski definition) is 2. The molecule has 0 radical (unpaired) electrons. The molecule has 100 valence electrons. The molecule has 1 atom stereocenters. The minimum Gasteiger partial charge on any atom is -0.310 e. The first-order valence-electron chi connectivity index (χ1n) is 6.46. The van der Waals surface area contributed by atoms with Gasteiger partial charge in [-0.25, -0.2) is 0 Å². The fourth-order valence-electron chi connectivity index (χ4n) is 1.96. The summed E-state index contributed by atoms with van der Waals surface area (Å²) in [5.41, 5.74) is 1.15. The smallest absolute Gasteiger partial charge is 0.0464 e. The average Bonchev–Trinajstić information content (AvgIpc) is 2.40. The zero-order chi connectivity index (χ0) is 13.7. The highest BCUT2D eigenvalue weighted by molar-refractivity contribution is 7.99. The molecular weight excluding hydrogens is 274 g/mol. The molecule has 0 saturated carbocycles. The lowest BCUT2D eigenvalue weighted by Crippen LogP contribution is -2.17. The molecule has 1 unspecified atom stereocenters. The third-order valence-electron chi connectivity index (χ3n) is 2.93. The second-order valence-electron chi connectivity index (χ2n) is 4.38. The molecule has 2 aromatic carbocycles. The van der Waals surface area contributed by atoms with E-state index in [4.69, 9.17) is 11.6 Å². The van der Waals surface area contributed by atoms with Gasteiger partial charge in [-0.3, -0.25) is 0 Å². The van der Waals surface area contributed by atoms with Crippen LogP contribution in [0.25, 0.3) is 0 Å². The van der Waals surface area contributed by atoms with Crippen molar-refractivity contribution in [1.82, 2.24) is 5.32 Å². The van der Waals surface area contributed by atoms with Crippen molar-refractivity contribution < 1.29 is 0 Å². The Bertz CT molecular complexity index is 528. The van der Waals surface area contributed by atoms with Gasteiger partial charge in [0.25, 0.3) is 0 Å². The van der Waals surface area contributed by atoms with E-state index < -0.39 is 0 Å². The minimum absolute atomic E-state index is 0.285. The average molecular weight is 292 g/mol. The lowest BCUT2D eigenvalue weighted by Gasteiger charge is -2.15. The minimum atomic E-state index is 0.285. The Labute approximate surface area is 124 Å². The van der Waals surface area contributed by atoms with E-state index in [2.05, 4.69) is 43.4 Å². The summed E-state index contributed by atoms with van der Waals surface area (Å²) < 4.78 is 0. The standard InChI is InChI=1S/C16H18ClNS/c1-3-18-12(2)15-10-9-14(11-16(15)17)19-13-7-5-4-6-8-13/h4-12,18H,3H2,1-2H3. The van der Waals surface area contributed by atoms with Crippen LogP contribution < -0.4 is 5.32 Å². The number of benzene rings is 2. The zero-order valence-corrected chi connectivity index (χ0v) is 12.8. The molecule has 0 spiro atoms. The monoisotopic (exact) mass is 291 g/mol. The lowest BCUT2D eigenvalue weighted by molar-refractivity contribution is 0.598. The van der Waals surface area contributed by atoms with E-state index in [0.717, 1.165) is 17.1 Å². The molecular formula is C16H18ClNS. The van der Waals surface area contributed by atoms with Crippen molar-refractivity contribution in [2.75, 3.05) is 6.54 Å². The van der Waals surface area contributed by atoms with Crippen molar-refractivity contribution in [3.63, 3.8) is 0 Å². The van der Waals surface area contributed by atoms with Crippen LogP contribution in [0.15, 0.2) is 58.3 Å². The molecule has 0 amide bonds. The van der Waals surface area contributed by atoms with Crippen LogP contribution in [0, 0.1) is 0 Å². The number of rotatable bonds is 5. The largest absolute Gasteiger partial charge is 0.310 e. The Morgan fingerprint density at radius 2 is 1.84 bits per heavy atom. The van der Waals surface area contributed by atoms with Crippen LogP contribution in [-0.2, 0) is 0 Å². The van der Waals surface area contributed by atoms with Crippen molar-refractivity contribution in [3.05, 3.63) is 59.1 Å². The lowest BCUT2D eigenvalue weighted by atomic mass is 10.1. The molecule has 1 N–H and O–H groups in total. The van der Waals surface area contributed by atoms with E-state index in [1.54, 1.807) is 11.8 Å². The maximum Gasteiger partial charge on any atom is 0.0464 e. The van der Waals surface area contributed by atoms with Crippen LogP contribution in [-0.4, -0.2) is 6.54 Å². The molecule has 0 fully saturated rings. The molecule has 3 heteroatoms. The molecule has 2 rings (SSSR count). The summed E-state index contributed by atoms with van der Waals surface area (Å²) in [6.45, 7) is 5.18. The first-order valence-corrected chi connectivity index (χ1v) is 7.66. The number of nitrogens with one attached hydrogen (secondary N) is 1. The van der Waals surface area contributed by atoms with Gasteiger partial charge < -0.3 is 5.32 Å². The van der Waals surface area contributed by atoms with Crippen molar-refractivity contribution >= 4 is 23.4 Å². The van der Waals surface area contributed by atoms with Gasteiger partial charge in [0.05, 0.1) is 0 Å². The summed E-state index contributed by atoms with van der Waals surface area (Å²) in [5, 5.41) is 4.21. The van der Waals surface area contributed by atoms with Gasteiger partial charge in [0.15, 0.2) is 0 Å². The van der Waals surface area contributed by atoms with E-state index in [1.165, 1.54) is 9.79 Å². The Morgan fingerprint density at radius 1 is 1.11 bits per heavy atom. The topological polar surface area (TPSA) is 12.0 Å². The summed E-state index contributed by atoms with van der Waals surface area (Å²) in [7, 11) is 0. The Morgan fingerprint density at radius 3 is 2.47 bits per heavy atom. The van der Waals surface area contributed by atoms with Crippen LogP contribution in [0.4, 0.5) is 0 Å². The van der Waals surface area contributed by atoms with Gasteiger partial charge in [-0.1, -0.05) is 54.6 Å². The van der Waals surface area contributed by atoms with Gasteiger partial charge in [-0.15, -0.1) is 0 Å². The van der Waals surface area contributed by atoms with Gasteiger partial charge in [0.2, 0.25) is 0 Å². The normalized spacial score (nSPS) is 12.4. The Balaban J connectivity index is 2.15. The quantitative estimate of drug-likeness (QED) is 0.816. The first kappa shape index (κ1) is 14.4. The van der Waals surface area contributed by atoms with E-state index in [1.807, 2.05) is 24.3 Å². The third-order valence-corrected chi connectivity index (χ3v) is 4.25. The van der Waals surface area contributed by atoms with Gasteiger partial charge in [0.1, 0.15) is 0 Å². The maximum absolute atomic E-state index is 6.37. The van der Waals surface area contributed by atoms with E-state index in [-0.39, 0.29) is 6.04 Å². The van der Waals surface area contributed by atoms with Crippen LogP contribution in [0.2, 0.25) is 5.02 Å². The summed E-state index contributed by atoms with van der Waals surface area (Å²) in [4.78, 5) is 2.40. The van der Waals surface area contributed by atoms with Gasteiger partial charge in [0, 0.05) is 20.9 Å². The summed E-state index contributed by atoms with van der Waals surface area (Å²) in [5.74, 6) is 0. The number of halogens is 1. The Kier molecular flexibility index (Phi) is 5.32. The fraction of sp³-hybridized carbons (Fsp3) is 0.250. The molecule has 0 aliphatic rings. The fourth-order valence-corrected chi connectivity index (χ4v) is 3.25. The summed E-state index contributed by atoms with van der Waals surface area (Å²) in [6.07, 6.45) is 0. The molecule has 0 aliphatic heterocycles. The molecule has 0 saturated heterocycles. The molecule has 19 heavy (non-hydrogen) atoms. The highest BCUT2D eigenvalue weighted by Gasteiger charge is 2.09. The van der Waals surface area contributed by atoms with E-state index in [0.29, 0.717) is 0 Å². The highest BCUT2D eigenvalue weighted by atomic mass is 35.5. The highest BCUT2D eigenvalue weighted by Crippen LogP contribution is 2.32. The van der Waals surface area contributed by atoms with Crippen LogP contribution in [0.1, 0.15) is 25.5 Å². The van der Waals surface area contributed by atoms with Gasteiger partial charge >= 0.3 is 0 Å². The molecule has 1 nitrogen and oxygen atoms in total. The third kappa shape index (κ3) is 4.00. The Hall–Kier alpha value is -0.960. The molecule has 0 aromatic heterocycles. The second kappa shape index (κ2) is 6.99. The van der Waals surface area contributed by atoms with Crippen LogP contribution >= 0.6 is 23.4 Å². The van der Waals surface area contributed by atoms with Crippen molar-refractivity contribution in [2.24, 2.45) is 0 Å². The van der Waals surface area contributed by atoms with Gasteiger partial charge in [-0.2, -0.15) is 0 Å². The van der Waals surface area contributed by atoms with Crippen LogP contribution in [0.3, 0.4) is 0 Å². The van der Waals surface area contributed by atoms with Crippen LogP contribution in [0.5, 0.6) is 0 Å². The first-order chi connectivity index (χ1) is 9.20. The maximum atomic E-state index is 6.37. The summed E-state index contributed by atoms with van der Waals surface area (Å²) >= 11 is 8.10. The molecule has 0 aliphatic carbocycles. The predicted octanol–water partition coefficient (Wildman–Crippen LogP) is 5.16. The SMILES string of the molecule is CCNC(C)c1ccc(Sc2ccccc2)cc1Cl. The summed E-state index contributed by atoms with van der Waals surface area (Å²) in [6, 6.07) is 16.9. The molecule has 0 bridgehead atoms. The van der Waals surface area contributed by atoms with Crippen molar-refractivity contribution in [1.29, 1.82) is 0 Å². The van der Waals surface area contributed by atoms with E-state index >= 15 is 0 Å². The second-order valence-corrected chi connectivity index (χ2v) is 5.93. The predicted molar refractivity (Wildman–Crippen MR) is 84.1 cm³/mol. The zero-order valence-electron chi connectivity index (χ0n) is 11.2. The van der Waals surface area contributed by atoms with E-state index in [9.17, 15) is 0 Å². The van der Waals surface area contributed by atoms with Gasteiger partial charge in [-0.05, 0) is 43.3 Å². The van der Waals surface area contributed by atoms with Crippen molar-refractivity contribution in [3.8, 4) is 0 Å². The molecule has 0 heterocycles. The molecule has 2 aromatic rings.